The lowest BCUT2D eigenvalue weighted by Gasteiger charge is -2.13. The molecular weight excluding hydrogens is 376 g/mol. The summed E-state index contributed by atoms with van der Waals surface area (Å²) in [7, 11) is 0. The Morgan fingerprint density at radius 1 is 1.11 bits per heavy atom. The molecule has 2 aromatic carbocycles. The minimum Gasteiger partial charge on any atom is -0.494 e. The summed E-state index contributed by atoms with van der Waals surface area (Å²) < 4.78 is 36.4. The zero-order chi connectivity index (χ0) is 19.8. The van der Waals surface area contributed by atoms with Gasteiger partial charge in [-0.2, -0.15) is 0 Å². The van der Waals surface area contributed by atoms with Crippen LogP contribution in [0.3, 0.4) is 0 Å². The van der Waals surface area contributed by atoms with Gasteiger partial charge in [0.2, 0.25) is 0 Å². The molecule has 0 fully saturated rings. The van der Waals surface area contributed by atoms with Crippen molar-refractivity contribution in [1.29, 1.82) is 0 Å². The number of carbonyl (C=O) groups is 2. The number of benzene rings is 2. The number of carbonyl (C=O) groups excluding carboxylic acids is 2. The predicted octanol–water partition coefficient (Wildman–Crippen LogP) is 4.03. The third-order valence-electron chi connectivity index (χ3n) is 3.36. The Morgan fingerprint density at radius 2 is 1.81 bits per heavy atom. The number of rotatable bonds is 8. The molecule has 0 radical (unpaired) electrons. The summed E-state index contributed by atoms with van der Waals surface area (Å²) in [4.78, 5) is 24.7. The van der Waals surface area contributed by atoms with Gasteiger partial charge in [0.1, 0.15) is 5.75 Å². The van der Waals surface area contributed by atoms with Gasteiger partial charge in [0.05, 0.1) is 12.4 Å². The SMILES string of the molecule is CCOc1ccc(SCC(=O)O[C@@H](C)C(=O)Nc2ccc(F)c(F)c2)cc1. The molecule has 0 saturated heterocycles. The molecule has 1 amide bonds. The number of anilines is 1. The molecule has 0 spiro atoms. The Bertz CT molecular complexity index is 799. The zero-order valence-corrected chi connectivity index (χ0v) is 15.6. The van der Waals surface area contributed by atoms with Crippen LogP contribution in [-0.2, 0) is 14.3 Å². The molecule has 1 N–H and O–H groups in total. The van der Waals surface area contributed by atoms with E-state index in [-0.39, 0.29) is 11.4 Å². The minimum atomic E-state index is -1.08. The highest BCUT2D eigenvalue weighted by molar-refractivity contribution is 8.00. The van der Waals surface area contributed by atoms with Crippen LogP contribution < -0.4 is 10.1 Å². The first-order valence-electron chi connectivity index (χ1n) is 8.20. The van der Waals surface area contributed by atoms with Gasteiger partial charge in [-0.3, -0.25) is 9.59 Å². The number of thioether (sulfide) groups is 1. The average Bonchev–Trinajstić information content (AvgIpc) is 2.64. The van der Waals surface area contributed by atoms with Crippen LogP contribution >= 0.6 is 11.8 Å². The summed E-state index contributed by atoms with van der Waals surface area (Å²) in [6.45, 7) is 3.86. The van der Waals surface area contributed by atoms with E-state index in [1.807, 2.05) is 19.1 Å². The number of hydrogen-bond acceptors (Lipinski definition) is 5. The molecule has 144 valence electrons. The number of nitrogens with one attached hydrogen (secondary N) is 1. The van der Waals surface area contributed by atoms with Crippen LogP contribution in [0.25, 0.3) is 0 Å². The molecular formula is C19H19F2NO4S. The monoisotopic (exact) mass is 395 g/mol. The van der Waals surface area contributed by atoms with Crippen molar-refractivity contribution in [3.8, 4) is 5.75 Å². The number of hydrogen-bond donors (Lipinski definition) is 1. The van der Waals surface area contributed by atoms with E-state index in [2.05, 4.69) is 5.32 Å². The van der Waals surface area contributed by atoms with Crippen molar-refractivity contribution in [2.45, 2.75) is 24.8 Å². The smallest absolute Gasteiger partial charge is 0.317 e. The molecule has 0 saturated carbocycles. The van der Waals surface area contributed by atoms with E-state index in [9.17, 15) is 18.4 Å². The van der Waals surface area contributed by atoms with Crippen LogP contribution in [0.2, 0.25) is 0 Å². The second kappa shape index (κ2) is 9.91. The molecule has 0 bridgehead atoms. The first kappa shape index (κ1) is 20.7. The summed E-state index contributed by atoms with van der Waals surface area (Å²) in [5.41, 5.74) is 0.0746. The molecule has 0 heterocycles. The lowest BCUT2D eigenvalue weighted by atomic mass is 10.3. The van der Waals surface area contributed by atoms with Crippen LogP contribution in [-0.4, -0.2) is 30.3 Å². The van der Waals surface area contributed by atoms with Crippen LogP contribution in [0.4, 0.5) is 14.5 Å². The van der Waals surface area contributed by atoms with E-state index in [4.69, 9.17) is 9.47 Å². The molecule has 5 nitrogen and oxygen atoms in total. The van der Waals surface area contributed by atoms with E-state index >= 15 is 0 Å². The van der Waals surface area contributed by atoms with Crippen molar-refractivity contribution in [2.24, 2.45) is 0 Å². The lowest BCUT2D eigenvalue weighted by molar-refractivity contribution is -0.150. The molecule has 2 rings (SSSR count). The highest BCUT2D eigenvalue weighted by Crippen LogP contribution is 2.22. The highest BCUT2D eigenvalue weighted by Gasteiger charge is 2.18. The minimum absolute atomic E-state index is 0.0246. The van der Waals surface area contributed by atoms with Crippen molar-refractivity contribution in [3.63, 3.8) is 0 Å². The van der Waals surface area contributed by atoms with E-state index in [1.54, 1.807) is 12.1 Å². The normalized spacial score (nSPS) is 11.6. The molecule has 1 atom stereocenters. The standard InChI is InChI=1S/C19H19F2NO4S/c1-3-25-14-5-7-15(8-6-14)27-11-18(23)26-12(2)19(24)22-13-4-9-16(20)17(21)10-13/h4-10,12H,3,11H2,1-2H3,(H,22,24)/t12-/m0/s1. The fourth-order valence-corrected chi connectivity index (χ4v) is 2.72. The van der Waals surface area contributed by atoms with Crippen LogP contribution in [0.5, 0.6) is 5.75 Å². The molecule has 0 unspecified atom stereocenters. The van der Waals surface area contributed by atoms with Crippen molar-refractivity contribution >= 4 is 29.3 Å². The summed E-state index contributed by atoms with van der Waals surface area (Å²) in [5.74, 6) is -2.53. The molecule has 0 aliphatic heterocycles. The van der Waals surface area contributed by atoms with Crippen molar-refractivity contribution in [2.75, 3.05) is 17.7 Å². The Morgan fingerprint density at radius 3 is 2.44 bits per heavy atom. The third-order valence-corrected chi connectivity index (χ3v) is 4.34. The summed E-state index contributed by atoms with van der Waals surface area (Å²) in [6, 6.07) is 10.2. The second-order valence-corrected chi connectivity index (χ2v) is 6.49. The van der Waals surface area contributed by atoms with Crippen LogP contribution in [0.1, 0.15) is 13.8 Å². The first-order valence-corrected chi connectivity index (χ1v) is 9.18. The molecule has 0 aromatic heterocycles. The van der Waals surface area contributed by atoms with Gasteiger partial charge in [-0.25, -0.2) is 8.78 Å². The Labute approximate surface area is 160 Å². The van der Waals surface area contributed by atoms with E-state index in [0.29, 0.717) is 6.61 Å². The Kier molecular flexibility index (Phi) is 7.60. The maximum Gasteiger partial charge on any atom is 0.317 e. The number of amides is 1. The topological polar surface area (TPSA) is 64.6 Å². The second-order valence-electron chi connectivity index (χ2n) is 5.44. The third kappa shape index (κ3) is 6.56. The predicted molar refractivity (Wildman–Crippen MR) is 98.9 cm³/mol. The van der Waals surface area contributed by atoms with E-state index in [1.165, 1.54) is 24.8 Å². The largest absolute Gasteiger partial charge is 0.494 e. The van der Waals surface area contributed by atoms with Crippen LogP contribution in [0, 0.1) is 11.6 Å². The fourth-order valence-electron chi connectivity index (χ4n) is 2.04. The Balaban J connectivity index is 1.79. The van der Waals surface area contributed by atoms with Gasteiger partial charge in [-0.15, -0.1) is 11.8 Å². The molecule has 8 heteroatoms. The Hall–Kier alpha value is -2.61. The average molecular weight is 395 g/mol. The lowest BCUT2D eigenvalue weighted by Crippen LogP contribution is -2.30. The van der Waals surface area contributed by atoms with Crippen molar-refractivity contribution < 1.29 is 27.8 Å². The van der Waals surface area contributed by atoms with Gasteiger partial charge in [-0.1, -0.05) is 0 Å². The summed E-state index contributed by atoms with van der Waals surface area (Å²) >= 11 is 1.26. The maximum absolute atomic E-state index is 13.1. The van der Waals surface area contributed by atoms with Gasteiger partial charge in [0.25, 0.3) is 5.91 Å². The van der Waals surface area contributed by atoms with E-state index < -0.39 is 29.6 Å². The number of ether oxygens (including phenoxy) is 2. The number of esters is 1. The molecule has 2 aromatic rings. The van der Waals surface area contributed by atoms with Crippen molar-refractivity contribution in [1.82, 2.24) is 0 Å². The van der Waals surface area contributed by atoms with Gasteiger partial charge < -0.3 is 14.8 Å². The first-order chi connectivity index (χ1) is 12.9. The van der Waals surface area contributed by atoms with Gasteiger partial charge in [0.15, 0.2) is 17.7 Å². The zero-order valence-electron chi connectivity index (χ0n) is 14.8. The van der Waals surface area contributed by atoms with Gasteiger partial charge in [0, 0.05) is 16.6 Å². The fraction of sp³-hybridized carbons (Fsp3) is 0.263. The molecule has 0 aliphatic carbocycles. The van der Waals surface area contributed by atoms with Gasteiger partial charge in [-0.05, 0) is 50.2 Å². The van der Waals surface area contributed by atoms with Crippen LogP contribution in [0.15, 0.2) is 47.4 Å². The van der Waals surface area contributed by atoms with Gasteiger partial charge >= 0.3 is 5.97 Å². The van der Waals surface area contributed by atoms with E-state index in [0.717, 1.165) is 22.8 Å². The van der Waals surface area contributed by atoms with Crippen molar-refractivity contribution in [3.05, 3.63) is 54.1 Å². The molecule has 27 heavy (non-hydrogen) atoms. The summed E-state index contributed by atoms with van der Waals surface area (Å²) in [6.07, 6.45) is -1.08. The quantitative estimate of drug-likeness (QED) is 0.540. The number of halogens is 2. The highest BCUT2D eigenvalue weighted by atomic mass is 32.2. The maximum atomic E-state index is 13.1. The summed E-state index contributed by atoms with van der Waals surface area (Å²) in [5, 5.41) is 2.36. The molecule has 0 aliphatic rings.